The zero-order valence-corrected chi connectivity index (χ0v) is 14.9. The normalized spacial score (nSPS) is 29.6. The molecule has 134 valence electrons. The van der Waals surface area contributed by atoms with E-state index in [-0.39, 0.29) is 17.7 Å². The second-order valence-corrected chi connectivity index (χ2v) is 7.95. The molecule has 2 amide bonds. The molecule has 1 aromatic carbocycles. The molecule has 4 rings (SSSR count). The SMILES string of the molecule is O=C1C[C@H](C(=O)N2CCC[C@@H]3CCCC[C@@H]32)CN1Cc1ccccc1. The molecule has 1 aliphatic carbocycles. The van der Waals surface area contributed by atoms with E-state index in [0.29, 0.717) is 31.5 Å². The van der Waals surface area contributed by atoms with Crippen molar-refractivity contribution in [1.29, 1.82) is 0 Å². The van der Waals surface area contributed by atoms with Gasteiger partial charge in [0.05, 0.1) is 5.92 Å². The first-order valence-electron chi connectivity index (χ1n) is 9.84. The van der Waals surface area contributed by atoms with Gasteiger partial charge in [-0.3, -0.25) is 9.59 Å². The third-order valence-corrected chi connectivity index (χ3v) is 6.31. The van der Waals surface area contributed by atoms with E-state index in [2.05, 4.69) is 4.90 Å². The van der Waals surface area contributed by atoms with E-state index in [4.69, 9.17) is 0 Å². The summed E-state index contributed by atoms with van der Waals surface area (Å²) in [6.07, 6.45) is 7.78. The van der Waals surface area contributed by atoms with E-state index in [1.54, 1.807) is 0 Å². The highest BCUT2D eigenvalue weighted by atomic mass is 16.2. The molecule has 0 N–H and O–H groups in total. The van der Waals surface area contributed by atoms with Gasteiger partial charge in [-0.25, -0.2) is 0 Å². The van der Waals surface area contributed by atoms with Gasteiger partial charge >= 0.3 is 0 Å². The number of hydrogen-bond donors (Lipinski definition) is 0. The fourth-order valence-electron chi connectivity index (χ4n) is 5.03. The van der Waals surface area contributed by atoms with Gasteiger partial charge in [-0.05, 0) is 37.2 Å². The molecule has 0 bridgehead atoms. The number of likely N-dealkylation sites (tertiary alicyclic amines) is 2. The third-order valence-electron chi connectivity index (χ3n) is 6.31. The maximum Gasteiger partial charge on any atom is 0.228 e. The molecule has 0 aromatic heterocycles. The monoisotopic (exact) mass is 340 g/mol. The highest BCUT2D eigenvalue weighted by molar-refractivity contribution is 5.89. The summed E-state index contributed by atoms with van der Waals surface area (Å²) < 4.78 is 0. The van der Waals surface area contributed by atoms with E-state index >= 15 is 0 Å². The maximum absolute atomic E-state index is 13.1. The summed E-state index contributed by atoms with van der Waals surface area (Å²) >= 11 is 0. The number of benzene rings is 1. The minimum absolute atomic E-state index is 0.124. The lowest BCUT2D eigenvalue weighted by molar-refractivity contribution is -0.142. The molecule has 3 fully saturated rings. The van der Waals surface area contributed by atoms with Gasteiger partial charge in [0.1, 0.15) is 0 Å². The van der Waals surface area contributed by atoms with Crippen LogP contribution in [0.3, 0.4) is 0 Å². The van der Waals surface area contributed by atoms with Gasteiger partial charge < -0.3 is 9.80 Å². The van der Waals surface area contributed by atoms with Crippen molar-refractivity contribution in [3.05, 3.63) is 35.9 Å². The lowest BCUT2D eigenvalue weighted by atomic mass is 9.78. The Hall–Kier alpha value is -1.84. The molecule has 3 atom stereocenters. The zero-order chi connectivity index (χ0) is 17.2. The van der Waals surface area contributed by atoms with Gasteiger partial charge in [-0.1, -0.05) is 43.2 Å². The fourth-order valence-corrected chi connectivity index (χ4v) is 5.03. The van der Waals surface area contributed by atoms with E-state index in [9.17, 15) is 9.59 Å². The number of hydrogen-bond acceptors (Lipinski definition) is 2. The quantitative estimate of drug-likeness (QED) is 0.848. The number of fused-ring (bicyclic) bond motifs is 1. The predicted molar refractivity (Wildman–Crippen MR) is 96.7 cm³/mol. The average molecular weight is 340 g/mol. The minimum atomic E-state index is -0.142. The average Bonchev–Trinajstić information content (AvgIpc) is 3.02. The van der Waals surface area contributed by atoms with Crippen molar-refractivity contribution in [3.8, 4) is 0 Å². The highest BCUT2D eigenvalue weighted by Gasteiger charge is 2.41. The smallest absolute Gasteiger partial charge is 0.228 e. The summed E-state index contributed by atoms with van der Waals surface area (Å²) in [5, 5.41) is 0. The molecule has 0 spiro atoms. The Bertz CT molecular complexity index is 628. The zero-order valence-electron chi connectivity index (χ0n) is 14.9. The molecule has 0 unspecified atom stereocenters. The Morgan fingerprint density at radius 1 is 1.04 bits per heavy atom. The van der Waals surface area contributed by atoms with Crippen LogP contribution in [0.25, 0.3) is 0 Å². The minimum Gasteiger partial charge on any atom is -0.339 e. The maximum atomic E-state index is 13.1. The van der Waals surface area contributed by atoms with Crippen LogP contribution in [0.5, 0.6) is 0 Å². The molecule has 3 aliphatic rings. The van der Waals surface area contributed by atoms with E-state index in [1.165, 1.54) is 25.7 Å². The van der Waals surface area contributed by atoms with Gasteiger partial charge in [0.2, 0.25) is 11.8 Å². The number of carbonyl (C=O) groups is 2. The third kappa shape index (κ3) is 3.44. The standard InChI is InChI=1S/C21H28N2O2/c24-20-13-18(15-22(20)14-16-7-2-1-3-8-16)21(25)23-12-6-10-17-9-4-5-11-19(17)23/h1-3,7-8,17-19H,4-6,9-15H2/t17-,18-,19-/m0/s1. The van der Waals surface area contributed by atoms with Crippen LogP contribution in [0.2, 0.25) is 0 Å². The van der Waals surface area contributed by atoms with Gasteiger partial charge in [-0.15, -0.1) is 0 Å². The Kier molecular flexibility index (Phi) is 4.78. The first-order valence-corrected chi connectivity index (χ1v) is 9.84. The molecule has 4 nitrogen and oxygen atoms in total. The van der Waals surface area contributed by atoms with E-state index in [1.807, 2.05) is 35.2 Å². The summed E-state index contributed by atoms with van der Waals surface area (Å²) in [5.74, 6) is 0.917. The molecular formula is C21H28N2O2. The van der Waals surface area contributed by atoms with Gasteiger partial charge in [-0.2, -0.15) is 0 Å². The molecule has 2 heterocycles. The lowest BCUT2D eigenvalue weighted by Crippen LogP contribution is -2.51. The number of rotatable bonds is 3. The fraction of sp³-hybridized carbons (Fsp3) is 0.619. The van der Waals surface area contributed by atoms with Crippen LogP contribution in [0.1, 0.15) is 50.5 Å². The van der Waals surface area contributed by atoms with Crippen molar-refractivity contribution in [2.75, 3.05) is 13.1 Å². The van der Waals surface area contributed by atoms with Crippen molar-refractivity contribution >= 4 is 11.8 Å². The first-order chi connectivity index (χ1) is 12.2. The molecule has 2 aliphatic heterocycles. The Morgan fingerprint density at radius 3 is 2.64 bits per heavy atom. The van der Waals surface area contributed by atoms with Crippen LogP contribution in [0.15, 0.2) is 30.3 Å². The van der Waals surface area contributed by atoms with Crippen LogP contribution in [-0.4, -0.2) is 40.7 Å². The topological polar surface area (TPSA) is 40.6 Å². The molecule has 0 radical (unpaired) electrons. The van der Waals surface area contributed by atoms with Crippen LogP contribution in [0, 0.1) is 11.8 Å². The van der Waals surface area contributed by atoms with E-state index in [0.717, 1.165) is 24.9 Å². The summed E-state index contributed by atoms with van der Waals surface area (Å²) in [6.45, 7) is 2.10. The number of piperidine rings is 1. The molecule has 1 aromatic rings. The van der Waals surface area contributed by atoms with Crippen molar-refractivity contribution in [3.63, 3.8) is 0 Å². The van der Waals surface area contributed by atoms with Crippen molar-refractivity contribution < 1.29 is 9.59 Å². The van der Waals surface area contributed by atoms with Gasteiger partial charge in [0, 0.05) is 32.1 Å². The second kappa shape index (κ2) is 7.19. The molecule has 1 saturated carbocycles. The van der Waals surface area contributed by atoms with Crippen LogP contribution in [-0.2, 0) is 16.1 Å². The predicted octanol–water partition coefficient (Wildman–Crippen LogP) is 3.22. The molecule has 4 heteroatoms. The van der Waals surface area contributed by atoms with Crippen molar-refractivity contribution in [1.82, 2.24) is 9.80 Å². The summed E-state index contributed by atoms with van der Waals surface area (Å²) in [6, 6.07) is 10.5. The van der Waals surface area contributed by atoms with Crippen LogP contribution >= 0.6 is 0 Å². The summed E-state index contributed by atoms with van der Waals surface area (Å²) in [4.78, 5) is 29.6. The molecule has 2 saturated heterocycles. The van der Waals surface area contributed by atoms with E-state index < -0.39 is 0 Å². The number of nitrogens with zero attached hydrogens (tertiary/aromatic N) is 2. The Labute approximate surface area is 150 Å². The highest BCUT2D eigenvalue weighted by Crippen LogP contribution is 2.36. The summed E-state index contributed by atoms with van der Waals surface area (Å²) in [7, 11) is 0. The summed E-state index contributed by atoms with van der Waals surface area (Å²) in [5.41, 5.74) is 1.13. The van der Waals surface area contributed by atoms with Crippen molar-refractivity contribution in [2.45, 2.75) is 57.5 Å². The number of carbonyl (C=O) groups excluding carboxylic acids is 2. The van der Waals surface area contributed by atoms with Crippen molar-refractivity contribution in [2.24, 2.45) is 11.8 Å². The lowest BCUT2D eigenvalue weighted by Gasteiger charge is -2.45. The van der Waals surface area contributed by atoms with Crippen LogP contribution in [0.4, 0.5) is 0 Å². The first kappa shape index (κ1) is 16.6. The Morgan fingerprint density at radius 2 is 1.80 bits per heavy atom. The van der Waals surface area contributed by atoms with Gasteiger partial charge in [0.25, 0.3) is 0 Å². The number of amides is 2. The van der Waals surface area contributed by atoms with Gasteiger partial charge in [0.15, 0.2) is 0 Å². The largest absolute Gasteiger partial charge is 0.339 e. The van der Waals surface area contributed by atoms with Crippen LogP contribution < -0.4 is 0 Å². The molecule has 25 heavy (non-hydrogen) atoms. The second-order valence-electron chi connectivity index (χ2n) is 7.95. The Balaban J connectivity index is 1.41. The molecular weight excluding hydrogens is 312 g/mol.